The minimum Gasteiger partial charge on any atom is -0.282 e. The van der Waals surface area contributed by atoms with E-state index in [0.29, 0.717) is 24.8 Å². The highest BCUT2D eigenvalue weighted by molar-refractivity contribution is 7.88. The summed E-state index contributed by atoms with van der Waals surface area (Å²) in [5.74, 6) is 0.950. The maximum atomic E-state index is 11.7. The number of hydrogen-bond acceptors (Lipinski definition) is 5. The van der Waals surface area contributed by atoms with E-state index in [-0.39, 0.29) is 0 Å². The number of hydrogen-bond donors (Lipinski definition) is 0. The van der Waals surface area contributed by atoms with Crippen molar-refractivity contribution in [3.05, 3.63) is 48.5 Å². The molecule has 1 unspecified atom stereocenters. The highest BCUT2D eigenvalue weighted by Crippen LogP contribution is 2.24. The van der Waals surface area contributed by atoms with E-state index in [1.807, 2.05) is 34.9 Å². The maximum absolute atomic E-state index is 11.7. The van der Waals surface area contributed by atoms with Crippen LogP contribution in [0, 0.1) is 5.92 Å². The van der Waals surface area contributed by atoms with E-state index in [1.54, 1.807) is 16.7 Å². The normalized spacial score (nSPS) is 18.8. The lowest BCUT2D eigenvalue weighted by Gasteiger charge is -2.13. The molecule has 1 aliphatic rings. The molecule has 4 heterocycles. The Morgan fingerprint density at radius 1 is 1.24 bits per heavy atom. The summed E-state index contributed by atoms with van der Waals surface area (Å²) in [6.45, 7) is 1.17. The Morgan fingerprint density at radius 2 is 2.12 bits per heavy atom. The summed E-state index contributed by atoms with van der Waals surface area (Å²) in [7, 11) is -3.10. The van der Waals surface area contributed by atoms with Crippen molar-refractivity contribution in [3.63, 3.8) is 0 Å². The third-order valence-corrected chi connectivity index (χ3v) is 5.84. The summed E-state index contributed by atoms with van der Waals surface area (Å²) in [6.07, 6.45) is 8.32. The number of imidazole rings is 1. The van der Waals surface area contributed by atoms with E-state index in [9.17, 15) is 8.42 Å². The summed E-state index contributed by atoms with van der Waals surface area (Å²) in [6, 6.07) is 7.79. The minimum atomic E-state index is -3.10. The molecule has 1 atom stereocenters. The van der Waals surface area contributed by atoms with E-state index in [0.717, 1.165) is 29.9 Å². The first kappa shape index (κ1) is 16.2. The Hall–Kier alpha value is -2.32. The molecule has 4 rings (SSSR count). The second-order valence-electron chi connectivity index (χ2n) is 6.43. The van der Waals surface area contributed by atoms with Gasteiger partial charge < -0.3 is 0 Å². The smallest absolute Gasteiger partial charge is 0.234 e. The number of fused-ring (bicyclic) bond motifs is 1. The average molecular weight is 357 g/mol. The van der Waals surface area contributed by atoms with Gasteiger partial charge in [0.15, 0.2) is 0 Å². The quantitative estimate of drug-likeness (QED) is 0.709. The zero-order valence-electron chi connectivity index (χ0n) is 13.9. The van der Waals surface area contributed by atoms with Crippen molar-refractivity contribution in [1.82, 2.24) is 23.7 Å². The average Bonchev–Trinajstić information content (AvgIpc) is 3.21. The topological polar surface area (TPSA) is 80.5 Å². The first-order valence-corrected chi connectivity index (χ1v) is 10.0. The van der Waals surface area contributed by atoms with Gasteiger partial charge >= 0.3 is 0 Å². The molecule has 0 spiro atoms. The molecule has 0 amide bonds. The standard InChI is InChI=1S/C17H19N5O2S/c1-25(23,24)21-9-6-13(12-21)10-14-4-2-5-15(20-14)16-11-19-17-18-7-3-8-22(16)17/h2-5,7-8,11,13H,6,9-10,12H2,1H3. The maximum Gasteiger partial charge on any atom is 0.234 e. The Balaban J connectivity index is 1.56. The SMILES string of the molecule is CS(=O)(=O)N1CCC(Cc2cccc(-c3cnc4ncccn34)n2)C1. The van der Waals surface area contributed by atoms with Gasteiger partial charge in [0.25, 0.3) is 0 Å². The van der Waals surface area contributed by atoms with Gasteiger partial charge in [-0.15, -0.1) is 0 Å². The Kier molecular flexibility index (Phi) is 4.01. The second-order valence-corrected chi connectivity index (χ2v) is 8.41. The monoisotopic (exact) mass is 357 g/mol. The van der Waals surface area contributed by atoms with Crippen molar-refractivity contribution in [1.29, 1.82) is 0 Å². The van der Waals surface area contributed by atoms with Crippen LogP contribution in [0.4, 0.5) is 0 Å². The highest BCUT2D eigenvalue weighted by atomic mass is 32.2. The van der Waals surface area contributed by atoms with Crippen LogP contribution in [-0.4, -0.2) is 51.4 Å². The molecular weight excluding hydrogens is 338 g/mol. The molecule has 0 aliphatic carbocycles. The predicted octanol–water partition coefficient (Wildman–Crippen LogP) is 1.62. The van der Waals surface area contributed by atoms with Crippen LogP contribution in [0.5, 0.6) is 0 Å². The molecule has 0 N–H and O–H groups in total. The van der Waals surface area contributed by atoms with Crippen LogP contribution in [-0.2, 0) is 16.4 Å². The van der Waals surface area contributed by atoms with Crippen molar-refractivity contribution in [2.45, 2.75) is 12.8 Å². The first-order valence-electron chi connectivity index (χ1n) is 8.20. The van der Waals surface area contributed by atoms with Crippen LogP contribution in [0.2, 0.25) is 0 Å². The fourth-order valence-corrected chi connectivity index (χ4v) is 4.23. The van der Waals surface area contributed by atoms with Crippen LogP contribution < -0.4 is 0 Å². The van der Waals surface area contributed by atoms with Crippen LogP contribution in [0.15, 0.2) is 42.9 Å². The highest BCUT2D eigenvalue weighted by Gasteiger charge is 2.28. The summed E-state index contributed by atoms with van der Waals surface area (Å²) in [5, 5.41) is 0. The van der Waals surface area contributed by atoms with Gasteiger partial charge in [-0.25, -0.2) is 22.7 Å². The number of pyridine rings is 1. The van der Waals surface area contributed by atoms with Gasteiger partial charge in [-0.3, -0.25) is 9.38 Å². The number of aromatic nitrogens is 4. The van der Waals surface area contributed by atoms with E-state index >= 15 is 0 Å². The second kappa shape index (κ2) is 6.20. The summed E-state index contributed by atoms with van der Waals surface area (Å²) in [4.78, 5) is 13.3. The Morgan fingerprint density at radius 3 is 2.92 bits per heavy atom. The van der Waals surface area contributed by atoms with Crippen molar-refractivity contribution in [2.24, 2.45) is 5.92 Å². The van der Waals surface area contributed by atoms with Gasteiger partial charge in [0.2, 0.25) is 15.8 Å². The molecule has 130 valence electrons. The van der Waals surface area contributed by atoms with Gasteiger partial charge in [0, 0.05) is 31.2 Å². The predicted molar refractivity (Wildman–Crippen MR) is 94.4 cm³/mol. The molecule has 8 heteroatoms. The van der Waals surface area contributed by atoms with Crippen LogP contribution in [0.1, 0.15) is 12.1 Å². The fourth-order valence-electron chi connectivity index (χ4n) is 3.31. The molecular formula is C17H19N5O2S. The lowest BCUT2D eigenvalue weighted by atomic mass is 10.0. The third-order valence-electron chi connectivity index (χ3n) is 4.57. The Bertz CT molecular complexity index is 1010. The summed E-state index contributed by atoms with van der Waals surface area (Å²) >= 11 is 0. The summed E-state index contributed by atoms with van der Waals surface area (Å²) < 4.78 is 26.8. The third kappa shape index (κ3) is 3.27. The van der Waals surface area contributed by atoms with Crippen molar-refractivity contribution >= 4 is 15.8 Å². The Labute approximate surface area is 146 Å². The fraction of sp³-hybridized carbons (Fsp3) is 0.353. The van der Waals surface area contributed by atoms with Gasteiger partial charge in [-0.1, -0.05) is 6.07 Å². The molecule has 0 saturated carbocycles. The molecule has 25 heavy (non-hydrogen) atoms. The molecule has 3 aromatic heterocycles. The van der Waals surface area contributed by atoms with Crippen molar-refractivity contribution in [2.75, 3.05) is 19.3 Å². The zero-order valence-corrected chi connectivity index (χ0v) is 14.7. The number of sulfonamides is 1. The lowest BCUT2D eigenvalue weighted by molar-refractivity contribution is 0.459. The molecule has 7 nitrogen and oxygen atoms in total. The molecule has 1 saturated heterocycles. The van der Waals surface area contributed by atoms with Gasteiger partial charge in [0.1, 0.15) is 0 Å². The molecule has 0 radical (unpaired) electrons. The van der Waals surface area contributed by atoms with Crippen molar-refractivity contribution in [3.8, 4) is 11.4 Å². The number of rotatable bonds is 4. The van der Waals surface area contributed by atoms with E-state index in [2.05, 4.69) is 9.97 Å². The van der Waals surface area contributed by atoms with Crippen LogP contribution in [0.25, 0.3) is 17.2 Å². The molecule has 1 fully saturated rings. The zero-order chi connectivity index (χ0) is 17.4. The molecule has 3 aromatic rings. The molecule has 0 bridgehead atoms. The van der Waals surface area contributed by atoms with Gasteiger partial charge in [0.05, 0.1) is 23.8 Å². The first-order chi connectivity index (χ1) is 12.0. The van der Waals surface area contributed by atoms with Crippen molar-refractivity contribution < 1.29 is 8.42 Å². The molecule has 1 aliphatic heterocycles. The largest absolute Gasteiger partial charge is 0.282 e. The lowest BCUT2D eigenvalue weighted by Crippen LogP contribution is -2.27. The molecule has 0 aromatic carbocycles. The van der Waals surface area contributed by atoms with E-state index in [4.69, 9.17) is 4.98 Å². The van der Waals surface area contributed by atoms with E-state index in [1.165, 1.54) is 6.26 Å². The van der Waals surface area contributed by atoms with Gasteiger partial charge in [-0.05, 0) is 37.0 Å². The van der Waals surface area contributed by atoms with Crippen LogP contribution >= 0.6 is 0 Å². The number of nitrogens with zero attached hydrogens (tertiary/aromatic N) is 5. The van der Waals surface area contributed by atoms with E-state index < -0.39 is 10.0 Å². The van der Waals surface area contributed by atoms with Crippen LogP contribution in [0.3, 0.4) is 0 Å². The minimum absolute atomic E-state index is 0.307. The van der Waals surface area contributed by atoms with Gasteiger partial charge in [-0.2, -0.15) is 0 Å². The summed E-state index contributed by atoms with van der Waals surface area (Å²) in [5.41, 5.74) is 2.71.